The molecule has 0 radical (unpaired) electrons. The number of nitrogens with zero attached hydrogens (tertiary/aromatic N) is 1. The minimum Gasteiger partial charge on any atom is -0.399 e. The molecule has 1 atom stereocenters. The van der Waals surface area contributed by atoms with Gasteiger partial charge in [-0.25, -0.2) is 13.4 Å². The van der Waals surface area contributed by atoms with Crippen molar-refractivity contribution in [3.8, 4) is 0 Å². The van der Waals surface area contributed by atoms with E-state index in [1.54, 1.807) is 12.1 Å². The van der Waals surface area contributed by atoms with Crippen LogP contribution >= 0.6 is 11.6 Å². The molecule has 0 aromatic carbocycles. The van der Waals surface area contributed by atoms with Crippen molar-refractivity contribution >= 4 is 32.9 Å². The van der Waals surface area contributed by atoms with Gasteiger partial charge >= 0.3 is 0 Å². The third-order valence-electron chi connectivity index (χ3n) is 2.72. The van der Waals surface area contributed by atoms with Gasteiger partial charge in [0, 0.05) is 18.3 Å². The molecule has 5 nitrogen and oxygen atoms in total. The highest BCUT2D eigenvalue weighted by Crippen LogP contribution is 2.20. The van der Waals surface area contributed by atoms with Crippen LogP contribution in [0.25, 0.3) is 0 Å². The number of hydrogen-bond acceptors (Lipinski definition) is 5. The largest absolute Gasteiger partial charge is 0.399 e. The van der Waals surface area contributed by atoms with E-state index in [9.17, 15) is 8.42 Å². The van der Waals surface area contributed by atoms with Gasteiger partial charge < -0.3 is 11.1 Å². The van der Waals surface area contributed by atoms with Gasteiger partial charge in [0.25, 0.3) is 0 Å². The van der Waals surface area contributed by atoms with Crippen molar-refractivity contribution in [3.63, 3.8) is 0 Å². The van der Waals surface area contributed by atoms with E-state index in [-0.39, 0.29) is 17.4 Å². The molecular formula is C10H14ClN3O2S. The van der Waals surface area contributed by atoms with Crippen LogP contribution in [0.2, 0.25) is 5.15 Å². The van der Waals surface area contributed by atoms with Crippen LogP contribution < -0.4 is 11.1 Å². The monoisotopic (exact) mass is 275 g/mol. The van der Waals surface area contributed by atoms with Crippen LogP contribution in [0.15, 0.2) is 12.1 Å². The summed E-state index contributed by atoms with van der Waals surface area (Å²) < 4.78 is 22.6. The van der Waals surface area contributed by atoms with Gasteiger partial charge in [0.05, 0.1) is 11.5 Å². The Balaban J connectivity index is 1.94. The maximum atomic E-state index is 11.3. The summed E-state index contributed by atoms with van der Waals surface area (Å²) in [5.74, 6) is 1.25. The number of aromatic nitrogens is 1. The lowest BCUT2D eigenvalue weighted by atomic mass is 10.1. The first-order valence-corrected chi connectivity index (χ1v) is 7.52. The highest BCUT2D eigenvalue weighted by atomic mass is 35.5. The van der Waals surface area contributed by atoms with E-state index in [0.29, 0.717) is 29.6 Å². The molecule has 0 amide bonds. The summed E-state index contributed by atoms with van der Waals surface area (Å²) in [6, 6.07) is 3.24. The fourth-order valence-electron chi connectivity index (χ4n) is 1.89. The second kappa shape index (κ2) is 4.70. The summed E-state index contributed by atoms with van der Waals surface area (Å²) in [5.41, 5.74) is 6.16. The lowest BCUT2D eigenvalue weighted by molar-refractivity contribution is 0.595. The number of pyridine rings is 1. The standard InChI is InChI=1S/C10H14ClN3O2S/c11-9-3-8(12)4-10(14-9)13-5-7-1-2-17(15,16)6-7/h3-4,7H,1-2,5-6H2,(H3,12,13,14). The fraction of sp³-hybridized carbons (Fsp3) is 0.500. The molecule has 0 bridgehead atoms. The van der Waals surface area contributed by atoms with Gasteiger partial charge in [0.2, 0.25) is 0 Å². The number of halogens is 1. The number of rotatable bonds is 3. The summed E-state index contributed by atoms with van der Waals surface area (Å²) in [6.45, 7) is 0.575. The van der Waals surface area contributed by atoms with Crippen LogP contribution in [0, 0.1) is 5.92 Å². The van der Waals surface area contributed by atoms with Gasteiger partial charge in [-0.15, -0.1) is 0 Å². The Morgan fingerprint density at radius 3 is 2.88 bits per heavy atom. The lowest BCUT2D eigenvalue weighted by Gasteiger charge is -2.10. The number of nitrogens with one attached hydrogen (secondary N) is 1. The van der Waals surface area contributed by atoms with Crippen molar-refractivity contribution in [2.45, 2.75) is 6.42 Å². The minimum atomic E-state index is -2.83. The SMILES string of the molecule is Nc1cc(Cl)nc(NCC2CCS(=O)(=O)C2)c1. The molecular weight excluding hydrogens is 262 g/mol. The van der Waals surface area contributed by atoms with Crippen molar-refractivity contribution < 1.29 is 8.42 Å². The van der Waals surface area contributed by atoms with Crippen LogP contribution in [0.4, 0.5) is 11.5 Å². The van der Waals surface area contributed by atoms with Crippen LogP contribution in [0.5, 0.6) is 0 Å². The Bertz CT molecular complexity index is 498. The van der Waals surface area contributed by atoms with E-state index in [0.717, 1.165) is 0 Å². The van der Waals surface area contributed by atoms with Gasteiger partial charge in [-0.1, -0.05) is 11.6 Å². The van der Waals surface area contributed by atoms with Gasteiger partial charge in [-0.3, -0.25) is 0 Å². The van der Waals surface area contributed by atoms with Crippen molar-refractivity contribution in [1.29, 1.82) is 0 Å². The molecule has 1 unspecified atom stereocenters. The van der Waals surface area contributed by atoms with E-state index in [4.69, 9.17) is 17.3 Å². The molecule has 1 fully saturated rings. The smallest absolute Gasteiger partial charge is 0.150 e. The average Bonchev–Trinajstić information content (AvgIpc) is 2.54. The van der Waals surface area contributed by atoms with Crippen molar-refractivity contribution in [1.82, 2.24) is 4.98 Å². The molecule has 1 aliphatic rings. The first-order valence-electron chi connectivity index (χ1n) is 5.32. The van der Waals surface area contributed by atoms with E-state index >= 15 is 0 Å². The maximum Gasteiger partial charge on any atom is 0.150 e. The molecule has 1 aromatic heterocycles. The summed E-state index contributed by atoms with van der Waals surface area (Å²) in [5, 5.41) is 3.39. The van der Waals surface area contributed by atoms with Crippen LogP contribution in [-0.4, -0.2) is 31.5 Å². The zero-order valence-corrected chi connectivity index (χ0v) is 10.8. The predicted octanol–water partition coefficient (Wildman–Crippen LogP) is 1.16. The van der Waals surface area contributed by atoms with Crippen LogP contribution in [0.1, 0.15) is 6.42 Å². The molecule has 0 spiro atoms. The molecule has 94 valence electrons. The van der Waals surface area contributed by atoms with E-state index in [1.807, 2.05) is 0 Å². The zero-order chi connectivity index (χ0) is 12.5. The molecule has 2 heterocycles. The molecule has 1 saturated heterocycles. The molecule has 1 aromatic rings. The van der Waals surface area contributed by atoms with Crippen LogP contribution in [0.3, 0.4) is 0 Å². The molecule has 0 aliphatic carbocycles. The van der Waals surface area contributed by atoms with Crippen molar-refractivity contribution in [3.05, 3.63) is 17.3 Å². The normalized spacial score (nSPS) is 22.5. The Hall–Kier alpha value is -1.01. The van der Waals surface area contributed by atoms with E-state index in [2.05, 4.69) is 10.3 Å². The molecule has 3 N–H and O–H groups in total. The molecule has 17 heavy (non-hydrogen) atoms. The summed E-state index contributed by atoms with van der Waals surface area (Å²) >= 11 is 5.76. The Morgan fingerprint density at radius 2 is 2.29 bits per heavy atom. The predicted molar refractivity (Wildman–Crippen MR) is 68.9 cm³/mol. The van der Waals surface area contributed by atoms with Crippen LogP contribution in [-0.2, 0) is 9.84 Å². The average molecular weight is 276 g/mol. The number of nitrogen functional groups attached to an aromatic ring is 1. The number of anilines is 2. The first-order chi connectivity index (χ1) is 7.94. The topological polar surface area (TPSA) is 85.1 Å². The van der Waals surface area contributed by atoms with Gasteiger partial charge in [-0.2, -0.15) is 0 Å². The number of hydrogen-bond donors (Lipinski definition) is 2. The third kappa shape index (κ3) is 3.47. The van der Waals surface area contributed by atoms with Crippen molar-refractivity contribution in [2.75, 3.05) is 29.1 Å². The molecule has 1 aliphatic heterocycles. The second-order valence-corrected chi connectivity index (χ2v) is 6.87. The Labute approximate surface area is 105 Å². The highest BCUT2D eigenvalue weighted by molar-refractivity contribution is 7.91. The molecule has 0 saturated carbocycles. The van der Waals surface area contributed by atoms with Crippen molar-refractivity contribution in [2.24, 2.45) is 5.92 Å². The summed E-state index contributed by atoms with van der Waals surface area (Å²) in [7, 11) is -2.83. The van der Waals surface area contributed by atoms with Gasteiger partial charge in [0.1, 0.15) is 11.0 Å². The summed E-state index contributed by atoms with van der Waals surface area (Å²) in [6.07, 6.45) is 0.700. The quantitative estimate of drug-likeness (QED) is 0.809. The van der Waals surface area contributed by atoms with E-state index < -0.39 is 9.84 Å². The Kier molecular flexibility index (Phi) is 3.44. The minimum absolute atomic E-state index is 0.141. The highest BCUT2D eigenvalue weighted by Gasteiger charge is 2.27. The number of nitrogens with two attached hydrogens (primary N) is 1. The van der Waals surface area contributed by atoms with Gasteiger partial charge in [-0.05, 0) is 18.4 Å². The summed E-state index contributed by atoms with van der Waals surface area (Å²) in [4.78, 5) is 4.06. The number of sulfone groups is 1. The van der Waals surface area contributed by atoms with Gasteiger partial charge in [0.15, 0.2) is 9.84 Å². The first kappa shape index (κ1) is 12.4. The maximum absolute atomic E-state index is 11.3. The second-order valence-electron chi connectivity index (χ2n) is 4.26. The molecule has 7 heteroatoms. The zero-order valence-electron chi connectivity index (χ0n) is 9.19. The third-order valence-corrected chi connectivity index (χ3v) is 4.75. The Morgan fingerprint density at radius 1 is 1.53 bits per heavy atom. The molecule has 2 rings (SSSR count). The van der Waals surface area contributed by atoms with E-state index in [1.165, 1.54) is 0 Å². The fourth-order valence-corrected chi connectivity index (χ4v) is 3.97. The lowest BCUT2D eigenvalue weighted by Crippen LogP contribution is -2.16.